The third-order valence-corrected chi connectivity index (χ3v) is 5.31. The number of hydrogen-bond donors (Lipinski definition) is 0. The number of carbonyl (C=O) groups excluding carboxylic acids is 1. The smallest absolute Gasteiger partial charge is 0.378 e. The highest BCUT2D eigenvalue weighted by Crippen LogP contribution is 2.38. The van der Waals surface area contributed by atoms with E-state index < -0.39 is 11.7 Å². The van der Waals surface area contributed by atoms with E-state index in [1.165, 1.54) is 6.20 Å². The molecule has 0 saturated carbocycles. The number of carbonyl (C=O) groups is 1. The Morgan fingerprint density at radius 3 is 2.50 bits per heavy atom. The van der Waals surface area contributed by atoms with Crippen LogP contribution in [0.1, 0.15) is 24.8 Å². The lowest BCUT2D eigenvalue weighted by atomic mass is 9.92. The summed E-state index contributed by atoms with van der Waals surface area (Å²) in [4.78, 5) is 19.8. The van der Waals surface area contributed by atoms with Crippen molar-refractivity contribution in [3.05, 3.63) is 22.3 Å². The average Bonchev–Trinajstić information content (AvgIpc) is 2.62. The van der Waals surface area contributed by atoms with Gasteiger partial charge in [-0.05, 0) is 40.8 Å². The van der Waals surface area contributed by atoms with Gasteiger partial charge in [-0.25, -0.2) is 4.98 Å². The number of rotatable bonds is 3. The van der Waals surface area contributed by atoms with Gasteiger partial charge in [0, 0.05) is 43.3 Å². The first-order valence-electron chi connectivity index (χ1n) is 8.68. The first kappa shape index (κ1) is 19.4. The van der Waals surface area contributed by atoms with E-state index in [2.05, 4.69) is 20.9 Å². The van der Waals surface area contributed by atoms with E-state index in [9.17, 15) is 18.0 Å². The van der Waals surface area contributed by atoms with Gasteiger partial charge < -0.3 is 14.5 Å². The van der Waals surface area contributed by atoms with Crippen molar-refractivity contribution >= 4 is 27.7 Å². The van der Waals surface area contributed by atoms with Gasteiger partial charge in [0.15, 0.2) is 0 Å². The van der Waals surface area contributed by atoms with E-state index in [4.69, 9.17) is 4.74 Å². The molecule has 3 rings (SSSR count). The number of morpholine rings is 1. The first-order chi connectivity index (χ1) is 12.3. The monoisotopic (exact) mass is 435 g/mol. The van der Waals surface area contributed by atoms with Gasteiger partial charge in [-0.1, -0.05) is 0 Å². The van der Waals surface area contributed by atoms with E-state index in [1.54, 1.807) is 4.90 Å². The molecule has 1 aromatic rings. The molecule has 3 heterocycles. The SMILES string of the molecule is O=C(CC1CCN(c2ncc(Br)cc2C(F)(F)F)CC1)N1CCOCC1. The molecule has 2 aliphatic rings. The molecule has 2 saturated heterocycles. The predicted octanol–water partition coefficient (Wildman–Crippen LogP) is 3.33. The van der Waals surface area contributed by atoms with Gasteiger partial charge >= 0.3 is 6.18 Å². The van der Waals surface area contributed by atoms with Gasteiger partial charge in [0.05, 0.1) is 18.8 Å². The molecule has 9 heteroatoms. The number of alkyl halides is 3. The van der Waals surface area contributed by atoms with Crippen molar-refractivity contribution in [2.24, 2.45) is 5.92 Å². The Labute approximate surface area is 158 Å². The number of anilines is 1. The average molecular weight is 436 g/mol. The second-order valence-electron chi connectivity index (χ2n) is 6.65. The molecule has 0 bridgehead atoms. The molecule has 0 N–H and O–H groups in total. The molecule has 0 radical (unpaired) electrons. The quantitative estimate of drug-likeness (QED) is 0.730. The third kappa shape index (κ3) is 4.68. The number of amides is 1. The van der Waals surface area contributed by atoms with Crippen LogP contribution in [0.5, 0.6) is 0 Å². The molecule has 1 aromatic heterocycles. The van der Waals surface area contributed by atoms with Crippen LogP contribution in [-0.4, -0.2) is 55.2 Å². The van der Waals surface area contributed by atoms with E-state index in [0.29, 0.717) is 63.1 Å². The van der Waals surface area contributed by atoms with Gasteiger partial charge in [0.2, 0.25) is 5.91 Å². The summed E-state index contributed by atoms with van der Waals surface area (Å²) in [5, 5.41) is 0. The summed E-state index contributed by atoms with van der Waals surface area (Å²) >= 11 is 3.06. The Bertz CT molecular complexity index is 643. The highest BCUT2D eigenvalue weighted by Gasteiger charge is 2.37. The van der Waals surface area contributed by atoms with Crippen molar-refractivity contribution in [1.82, 2.24) is 9.88 Å². The summed E-state index contributed by atoms with van der Waals surface area (Å²) in [6, 6.07) is 1.07. The van der Waals surface area contributed by atoms with Gasteiger partial charge in [-0.2, -0.15) is 13.2 Å². The summed E-state index contributed by atoms with van der Waals surface area (Å²) in [6.07, 6.45) is -1.24. The minimum absolute atomic E-state index is 0.0290. The largest absolute Gasteiger partial charge is 0.419 e. The lowest BCUT2D eigenvalue weighted by molar-refractivity contribution is -0.137. The van der Waals surface area contributed by atoms with Crippen LogP contribution >= 0.6 is 15.9 Å². The Hall–Kier alpha value is -1.35. The first-order valence-corrected chi connectivity index (χ1v) is 9.47. The molecule has 144 valence electrons. The van der Waals surface area contributed by atoms with Crippen molar-refractivity contribution in [3.63, 3.8) is 0 Å². The lowest BCUT2D eigenvalue weighted by Crippen LogP contribution is -2.42. The number of pyridine rings is 1. The summed E-state index contributed by atoms with van der Waals surface area (Å²) < 4.78 is 45.4. The maximum atomic E-state index is 13.3. The highest BCUT2D eigenvalue weighted by molar-refractivity contribution is 9.10. The minimum Gasteiger partial charge on any atom is -0.378 e. The fourth-order valence-corrected chi connectivity index (χ4v) is 3.76. The fraction of sp³-hybridized carbons (Fsp3) is 0.647. The van der Waals surface area contributed by atoms with Crippen molar-refractivity contribution in [1.29, 1.82) is 0 Å². The van der Waals surface area contributed by atoms with Gasteiger partial charge in [0.1, 0.15) is 5.82 Å². The number of hydrogen-bond acceptors (Lipinski definition) is 4. The van der Waals surface area contributed by atoms with E-state index in [-0.39, 0.29) is 17.6 Å². The van der Waals surface area contributed by atoms with E-state index in [0.717, 1.165) is 6.07 Å². The molecule has 0 aromatic carbocycles. The van der Waals surface area contributed by atoms with Crippen LogP contribution in [0.3, 0.4) is 0 Å². The zero-order valence-corrected chi connectivity index (χ0v) is 15.9. The van der Waals surface area contributed by atoms with Crippen molar-refractivity contribution in [2.45, 2.75) is 25.4 Å². The van der Waals surface area contributed by atoms with Crippen LogP contribution in [0, 0.1) is 5.92 Å². The molecule has 0 atom stereocenters. The normalized spacial score (nSPS) is 19.7. The standard InChI is InChI=1S/C17H21BrF3N3O2/c18-13-10-14(17(19,20)21)16(22-11-13)24-3-1-12(2-4-24)9-15(25)23-5-7-26-8-6-23/h10-12H,1-9H2. The van der Waals surface area contributed by atoms with Gasteiger partial charge in [-0.3, -0.25) is 4.79 Å². The molecule has 0 unspecified atom stereocenters. The molecule has 2 aliphatic heterocycles. The zero-order chi connectivity index (χ0) is 18.7. The van der Waals surface area contributed by atoms with Crippen LogP contribution in [0.25, 0.3) is 0 Å². The second-order valence-corrected chi connectivity index (χ2v) is 7.57. The Morgan fingerprint density at radius 1 is 1.23 bits per heavy atom. The van der Waals surface area contributed by atoms with Crippen LogP contribution in [0.15, 0.2) is 16.7 Å². The van der Waals surface area contributed by atoms with Gasteiger partial charge in [0.25, 0.3) is 0 Å². The fourth-order valence-electron chi connectivity index (χ4n) is 3.43. The van der Waals surface area contributed by atoms with Crippen LogP contribution in [0.2, 0.25) is 0 Å². The maximum Gasteiger partial charge on any atom is 0.419 e. The molecule has 1 amide bonds. The van der Waals surface area contributed by atoms with Gasteiger partial charge in [-0.15, -0.1) is 0 Å². The van der Waals surface area contributed by atoms with E-state index in [1.807, 2.05) is 4.90 Å². The van der Waals surface area contributed by atoms with Crippen molar-refractivity contribution in [2.75, 3.05) is 44.3 Å². The van der Waals surface area contributed by atoms with Crippen LogP contribution < -0.4 is 4.90 Å². The summed E-state index contributed by atoms with van der Waals surface area (Å²) in [5.74, 6) is 0.287. The number of piperidine rings is 1. The Morgan fingerprint density at radius 2 is 1.88 bits per heavy atom. The predicted molar refractivity (Wildman–Crippen MR) is 93.9 cm³/mol. The number of halogens is 4. The van der Waals surface area contributed by atoms with Crippen molar-refractivity contribution < 1.29 is 22.7 Å². The topological polar surface area (TPSA) is 45.7 Å². The van der Waals surface area contributed by atoms with Crippen LogP contribution in [-0.2, 0) is 15.7 Å². The molecule has 5 nitrogen and oxygen atoms in total. The lowest BCUT2D eigenvalue weighted by Gasteiger charge is -2.35. The number of nitrogens with zero attached hydrogens (tertiary/aromatic N) is 3. The minimum atomic E-state index is -4.45. The second kappa shape index (κ2) is 8.12. The molecule has 26 heavy (non-hydrogen) atoms. The number of ether oxygens (including phenoxy) is 1. The van der Waals surface area contributed by atoms with Crippen molar-refractivity contribution in [3.8, 4) is 0 Å². The molecule has 0 spiro atoms. The Balaban J connectivity index is 1.59. The Kier molecular flexibility index (Phi) is 6.06. The maximum absolute atomic E-state index is 13.3. The van der Waals surface area contributed by atoms with E-state index >= 15 is 0 Å². The summed E-state index contributed by atoms with van der Waals surface area (Å²) in [6.45, 7) is 3.32. The van der Waals surface area contributed by atoms with Crippen LogP contribution in [0.4, 0.5) is 19.0 Å². The highest BCUT2D eigenvalue weighted by atomic mass is 79.9. The molecular weight excluding hydrogens is 415 g/mol. The third-order valence-electron chi connectivity index (χ3n) is 4.88. The molecular formula is C17H21BrF3N3O2. The molecule has 0 aliphatic carbocycles. The summed E-state index contributed by atoms with van der Waals surface area (Å²) in [7, 11) is 0. The molecule has 2 fully saturated rings. The zero-order valence-electron chi connectivity index (χ0n) is 14.3. The number of aromatic nitrogens is 1. The summed E-state index contributed by atoms with van der Waals surface area (Å²) in [5.41, 5.74) is -0.727.